The summed E-state index contributed by atoms with van der Waals surface area (Å²) in [5.74, 6) is -0.0817. The predicted octanol–water partition coefficient (Wildman–Crippen LogP) is 4.79. The number of anilines is 1. The van der Waals surface area contributed by atoms with E-state index in [-0.39, 0.29) is 18.2 Å². The molecule has 1 aliphatic carbocycles. The molecule has 5 rings (SSSR count). The highest BCUT2D eigenvalue weighted by Crippen LogP contribution is 2.37. The number of rotatable bonds is 9. The van der Waals surface area contributed by atoms with Crippen molar-refractivity contribution in [3.05, 3.63) is 85.1 Å². The molecule has 186 valence electrons. The Bertz CT molecular complexity index is 1320. The standard InChI is InChI=1S/C29H33N5O2/c1-32-18-12-24-21-25(10-11-26(24)32)31-28(36)29(13-5-6-14-29)34(17-7-16-33-19-15-30-22-33)27(35)20-23-8-3-2-4-9-23/h2-4,8-12,15,18-19,21-22H,5-7,13-14,16-17,20H2,1H3,(H,31,36). The summed E-state index contributed by atoms with van der Waals surface area (Å²) in [5, 5.41) is 4.25. The SMILES string of the molecule is Cn1ccc2cc(NC(=O)C3(N(CCCn4ccnc4)C(=O)Cc4ccccc4)CCCC3)ccc21. The first kappa shape index (κ1) is 23.9. The molecule has 1 N–H and O–H groups in total. The van der Waals surface area contributed by atoms with Gasteiger partial charge in [0, 0.05) is 55.3 Å². The predicted molar refractivity (Wildman–Crippen MR) is 141 cm³/mol. The molecular formula is C29H33N5O2. The van der Waals surface area contributed by atoms with Crippen molar-refractivity contribution in [1.29, 1.82) is 0 Å². The van der Waals surface area contributed by atoms with E-state index in [1.165, 1.54) is 0 Å². The van der Waals surface area contributed by atoms with Gasteiger partial charge >= 0.3 is 0 Å². The molecule has 1 saturated carbocycles. The average Bonchev–Trinajstić information content (AvgIpc) is 3.65. The molecule has 0 unspecified atom stereocenters. The maximum absolute atomic E-state index is 13.9. The summed E-state index contributed by atoms with van der Waals surface area (Å²) in [6.07, 6.45) is 11.7. The Kier molecular flexibility index (Phi) is 6.89. The van der Waals surface area contributed by atoms with E-state index in [0.29, 0.717) is 19.4 Å². The van der Waals surface area contributed by atoms with Crippen LogP contribution < -0.4 is 5.32 Å². The summed E-state index contributed by atoms with van der Waals surface area (Å²) in [6, 6.07) is 17.8. The van der Waals surface area contributed by atoms with Crippen molar-refractivity contribution < 1.29 is 9.59 Å². The molecular weight excluding hydrogens is 450 g/mol. The fourth-order valence-corrected chi connectivity index (χ4v) is 5.46. The van der Waals surface area contributed by atoms with Crippen molar-refractivity contribution in [1.82, 2.24) is 19.0 Å². The van der Waals surface area contributed by atoms with Crippen molar-refractivity contribution in [2.75, 3.05) is 11.9 Å². The molecule has 0 saturated heterocycles. The van der Waals surface area contributed by atoms with Crippen molar-refractivity contribution in [2.24, 2.45) is 7.05 Å². The highest BCUT2D eigenvalue weighted by Gasteiger charge is 2.48. The number of benzene rings is 2. The van der Waals surface area contributed by atoms with Crippen molar-refractivity contribution in [2.45, 2.75) is 50.6 Å². The van der Waals surface area contributed by atoms with Crippen molar-refractivity contribution in [3.63, 3.8) is 0 Å². The molecule has 2 aromatic heterocycles. The van der Waals surface area contributed by atoms with Gasteiger partial charge in [-0.15, -0.1) is 0 Å². The summed E-state index contributed by atoms with van der Waals surface area (Å²) in [6.45, 7) is 1.27. The first-order chi connectivity index (χ1) is 17.5. The Morgan fingerprint density at radius 2 is 1.86 bits per heavy atom. The molecule has 36 heavy (non-hydrogen) atoms. The minimum atomic E-state index is -0.841. The first-order valence-electron chi connectivity index (χ1n) is 12.7. The zero-order valence-corrected chi connectivity index (χ0v) is 20.8. The second-order valence-electron chi connectivity index (χ2n) is 9.75. The largest absolute Gasteiger partial charge is 0.351 e. The van der Waals surface area contributed by atoms with Gasteiger partial charge < -0.3 is 19.4 Å². The third kappa shape index (κ3) is 4.91. The Balaban J connectivity index is 1.40. The lowest BCUT2D eigenvalue weighted by Crippen LogP contribution is -2.58. The minimum absolute atomic E-state index is 0.00222. The summed E-state index contributed by atoms with van der Waals surface area (Å²) in [4.78, 5) is 33.7. The molecule has 7 nitrogen and oxygen atoms in total. The minimum Gasteiger partial charge on any atom is -0.351 e. The maximum Gasteiger partial charge on any atom is 0.250 e. The molecule has 0 aliphatic heterocycles. The van der Waals surface area contributed by atoms with Crippen LogP contribution in [0.25, 0.3) is 10.9 Å². The summed E-state index contributed by atoms with van der Waals surface area (Å²) < 4.78 is 4.07. The zero-order valence-electron chi connectivity index (χ0n) is 20.8. The molecule has 2 heterocycles. The molecule has 2 amide bonds. The molecule has 0 atom stereocenters. The normalized spacial score (nSPS) is 14.7. The Hall–Kier alpha value is -3.87. The van der Waals surface area contributed by atoms with Gasteiger partial charge in [0.1, 0.15) is 5.54 Å². The topological polar surface area (TPSA) is 72.2 Å². The van der Waals surface area contributed by atoms with Crippen LogP contribution in [0.4, 0.5) is 5.69 Å². The van der Waals surface area contributed by atoms with Crippen molar-refractivity contribution in [3.8, 4) is 0 Å². The maximum atomic E-state index is 13.9. The quantitative estimate of drug-likeness (QED) is 0.372. The Morgan fingerprint density at radius 1 is 1.06 bits per heavy atom. The van der Waals surface area contributed by atoms with Gasteiger partial charge in [0.15, 0.2) is 0 Å². The number of amides is 2. The van der Waals surface area contributed by atoms with Gasteiger partial charge in [-0.3, -0.25) is 9.59 Å². The van der Waals surface area contributed by atoms with Crippen LogP contribution in [0.3, 0.4) is 0 Å². The Labute approximate surface area is 211 Å². The van der Waals surface area contributed by atoms with E-state index in [4.69, 9.17) is 0 Å². The van der Waals surface area contributed by atoms with Gasteiger partial charge in [-0.25, -0.2) is 4.98 Å². The molecule has 7 heteroatoms. The van der Waals surface area contributed by atoms with Gasteiger partial charge in [-0.2, -0.15) is 0 Å². The van der Waals surface area contributed by atoms with Gasteiger partial charge in [0.2, 0.25) is 11.8 Å². The average molecular weight is 484 g/mol. The van der Waals surface area contributed by atoms with Crippen LogP contribution >= 0.6 is 0 Å². The lowest BCUT2D eigenvalue weighted by molar-refractivity contribution is -0.145. The number of aromatic nitrogens is 3. The lowest BCUT2D eigenvalue weighted by Gasteiger charge is -2.40. The van der Waals surface area contributed by atoms with E-state index in [2.05, 4.69) is 14.9 Å². The van der Waals surface area contributed by atoms with Crippen LogP contribution in [-0.4, -0.2) is 42.9 Å². The second-order valence-corrected chi connectivity index (χ2v) is 9.75. The number of imidazole rings is 1. The number of carbonyl (C=O) groups is 2. The van der Waals surface area contributed by atoms with E-state index in [1.54, 1.807) is 12.5 Å². The third-order valence-corrected chi connectivity index (χ3v) is 7.37. The van der Waals surface area contributed by atoms with E-state index in [0.717, 1.165) is 48.0 Å². The Morgan fingerprint density at radius 3 is 2.61 bits per heavy atom. The zero-order chi connectivity index (χ0) is 25.0. The third-order valence-electron chi connectivity index (χ3n) is 7.37. The van der Waals surface area contributed by atoms with Gasteiger partial charge in [0.05, 0.1) is 12.7 Å². The summed E-state index contributed by atoms with van der Waals surface area (Å²) >= 11 is 0. The van der Waals surface area contributed by atoms with Crippen LogP contribution in [-0.2, 0) is 29.6 Å². The van der Waals surface area contributed by atoms with Crippen LogP contribution in [0.2, 0.25) is 0 Å². The number of hydrogen-bond donors (Lipinski definition) is 1. The number of nitrogens with zero attached hydrogens (tertiary/aromatic N) is 4. The van der Waals surface area contributed by atoms with E-state index in [9.17, 15) is 9.59 Å². The fraction of sp³-hybridized carbons (Fsp3) is 0.345. The lowest BCUT2D eigenvalue weighted by atomic mass is 9.92. The number of hydrogen-bond acceptors (Lipinski definition) is 3. The molecule has 0 radical (unpaired) electrons. The molecule has 1 fully saturated rings. The van der Waals surface area contributed by atoms with E-state index in [1.807, 2.05) is 83.5 Å². The number of carbonyl (C=O) groups excluding carboxylic acids is 2. The number of nitrogens with one attached hydrogen (secondary N) is 1. The molecule has 1 aliphatic rings. The van der Waals surface area contributed by atoms with Gasteiger partial charge in [-0.1, -0.05) is 43.2 Å². The molecule has 0 spiro atoms. The van der Waals surface area contributed by atoms with E-state index >= 15 is 0 Å². The van der Waals surface area contributed by atoms with Crippen LogP contribution in [0.1, 0.15) is 37.7 Å². The van der Waals surface area contributed by atoms with Crippen molar-refractivity contribution >= 4 is 28.4 Å². The van der Waals surface area contributed by atoms with Gasteiger partial charge in [0.25, 0.3) is 0 Å². The highest BCUT2D eigenvalue weighted by atomic mass is 16.2. The van der Waals surface area contributed by atoms with Crippen LogP contribution in [0, 0.1) is 0 Å². The molecule has 4 aromatic rings. The van der Waals surface area contributed by atoms with Gasteiger partial charge in [-0.05, 0) is 49.1 Å². The summed E-state index contributed by atoms with van der Waals surface area (Å²) in [5.41, 5.74) is 2.00. The number of fused-ring (bicyclic) bond motifs is 1. The smallest absolute Gasteiger partial charge is 0.250 e. The molecule has 0 bridgehead atoms. The van der Waals surface area contributed by atoms with Crippen LogP contribution in [0.15, 0.2) is 79.5 Å². The first-order valence-corrected chi connectivity index (χ1v) is 12.7. The second kappa shape index (κ2) is 10.4. The molecule has 2 aromatic carbocycles. The number of aryl methyl sites for hydroxylation is 2. The van der Waals surface area contributed by atoms with Crippen LogP contribution in [0.5, 0.6) is 0 Å². The van der Waals surface area contributed by atoms with E-state index < -0.39 is 5.54 Å². The fourth-order valence-electron chi connectivity index (χ4n) is 5.46. The monoisotopic (exact) mass is 483 g/mol. The highest BCUT2D eigenvalue weighted by molar-refractivity contribution is 6.02. The summed E-state index contributed by atoms with van der Waals surface area (Å²) in [7, 11) is 2.01.